The van der Waals surface area contributed by atoms with Crippen molar-refractivity contribution in [1.29, 1.82) is 0 Å². The number of rotatable bonds is 8. The van der Waals surface area contributed by atoms with Crippen molar-refractivity contribution in [1.82, 2.24) is 10.2 Å². The number of ether oxygens (including phenoxy) is 1. The van der Waals surface area contributed by atoms with Gasteiger partial charge in [-0.1, -0.05) is 6.07 Å². The summed E-state index contributed by atoms with van der Waals surface area (Å²) in [7, 11) is 1.70. The lowest BCUT2D eigenvalue weighted by Crippen LogP contribution is -2.36. The first-order chi connectivity index (χ1) is 10.2. The molecule has 21 heavy (non-hydrogen) atoms. The zero-order valence-electron chi connectivity index (χ0n) is 13.0. The van der Waals surface area contributed by atoms with E-state index in [1.165, 1.54) is 18.4 Å². The lowest BCUT2D eigenvalue weighted by molar-refractivity contribution is 0.123. The Kier molecular flexibility index (Phi) is 6.83. The monoisotopic (exact) mass is 310 g/mol. The van der Waals surface area contributed by atoms with Crippen molar-refractivity contribution in [3.63, 3.8) is 0 Å². The van der Waals surface area contributed by atoms with Gasteiger partial charge in [0.25, 0.3) is 0 Å². The van der Waals surface area contributed by atoms with Crippen LogP contribution in [-0.4, -0.2) is 55.7 Å². The fourth-order valence-electron chi connectivity index (χ4n) is 2.70. The van der Waals surface area contributed by atoms with Crippen molar-refractivity contribution < 1.29 is 9.84 Å². The number of aliphatic hydroxyl groups is 1. The van der Waals surface area contributed by atoms with E-state index in [9.17, 15) is 5.11 Å². The number of hydrogen-bond acceptors (Lipinski definition) is 5. The smallest absolute Gasteiger partial charge is 0.132 e. The maximum Gasteiger partial charge on any atom is 0.132 e. The number of nitrogens with one attached hydrogen (secondary N) is 1. The molecule has 0 saturated carbocycles. The van der Waals surface area contributed by atoms with E-state index in [1.54, 1.807) is 18.9 Å². The van der Waals surface area contributed by atoms with Gasteiger partial charge in [0, 0.05) is 24.5 Å². The highest BCUT2D eigenvalue weighted by Gasteiger charge is 2.15. The van der Waals surface area contributed by atoms with Gasteiger partial charge in [-0.2, -0.15) is 0 Å². The third-order valence-electron chi connectivity index (χ3n) is 3.82. The van der Waals surface area contributed by atoms with Crippen LogP contribution in [0.3, 0.4) is 0 Å². The number of benzene rings is 1. The van der Waals surface area contributed by atoms with Crippen LogP contribution in [0, 0.1) is 0 Å². The minimum Gasteiger partial charge on any atom is -0.496 e. The van der Waals surface area contributed by atoms with Crippen LogP contribution in [0.2, 0.25) is 0 Å². The summed E-state index contributed by atoms with van der Waals surface area (Å²) in [6.45, 7) is 4.46. The molecular formula is C16H26N2O2S. The fourth-order valence-corrected chi connectivity index (χ4v) is 3.32. The third kappa shape index (κ3) is 5.18. The molecule has 2 rings (SSSR count). The Morgan fingerprint density at radius 1 is 1.38 bits per heavy atom. The van der Waals surface area contributed by atoms with Crippen LogP contribution in [0.15, 0.2) is 23.1 Å². The van der Waals surface area contributed by atoms with Crippen LogP contribution < -0.4 is 10.1 Å². The molecule has 1 aromatic rings. The quantitative estimate of drug-likeness (QED) is 0.719. The Hall–Kier alpha value is -0.750. The molecule has 1 aromatic carbocycles. The van der Waals surface area contributed by atoms with Crippen molar-refractivity contribution in [2.24, 2.45) is 0 Å². The Bertz CT molecular complexity index is 436. The van der Waals surface area contributed by atoms with Gasteiger partial charge in [0.05, 0.1) is 13.2 Å². The lowest BCUT2D eigenvalue weighted by Gasteiger charge is -2.19. The Morgan fingerprint density at radius 3 is 2.81 bits per heavy atom. The fraction of sp³-hybridized carbons (Fsp3) is 0.625. The van der Waals surface area contributed by atoms with Gasteiger partial charge in [0.2, 0.25) is 0 Å². The van der Waals surface area contributed by atoms with Crippen LogP contribution in [0.1, 0.15) is 18.4 Å². The number of methoxy groups -OCH3 is 1. The molecule has 2 N–H and O–H groups in total. The molecule has 0 bridgehead atoms. The number of aliphatic hydroxyl groups excluding tert-OH is 1. The lowest BCUT2D eigenvalue weighted by atomic mass is 10.2. The standard InChI is InChI=1S/C16H26N2O2S/c1-20-15-6-5-13(9-16(15)21-2)10-17-11-14(19)12-18-7-3-4-8-18/h5-6,9,14,17,19H,3-4,7-8,10-12H2,1-2H3. The van der Waals surface area contributed by atoms with Gasteiger partial charge in [-0.3, -0.25) is 0 Å². The van der Waals surface area contributed by atoms with Crippen molar-refractivity contribution in [2.45, 2.75) is 30.4 Å². The summed E-state index contributed by atoms with van der Waals surface area (Å²) in [6, 6.07) is 6.21. The zero-order chi connectivity index (χ0) is 15.1. The highest BCUT2D eigenvalue weighted by molar-refractivity contribution is 7.98. The van der Waals surface area contributed by atoms with Crippen molar-refractivity contribution in [3.8, 4) is 5.75 Å². The maximum absolute atomic E-state index is 10.0. The van der Waals surface area contributed by atoms with Gasteiger partial charge in [0.15, 0.2) is 0 Å². The van der Waals surface area contributed by atoms with Gasteiger partial charge in [-0.25, -0.2) is 0 Å². The topological polar surface area (TPSA) is 44.7 Å². The molecule has 1 fully saturated rings. The van der Waals surface area contributed by atoms with Gasteiger partial charge in [-0.05, 0) is 49.9 Å². The molecule has 0 spiro atoms. The third-order valence-corrected chi connectivity index (χ3v) is 4.58. The molecule has 1 saturated heterocycles. The molecule has 1 aliphatic rings. The molecule has 4 nitrogen and oxygen atoms in total. The first kappa shape index (κ1) is 16.6. The molecule has 1 unspecified atom stereocenters. The second-order valence-electron chi connectivity index (χ2n) is 5.48. The second-order valence-corrected chi connectivity index (χ2v) is 6.33. The number of hydrogen-bond donors (Lipinski definition) is 2. The van der Waals surface area contributed by atoms with Gasteiger partial charge < -0.3 is 20.1 Å². The molecule has 0 aromatic heterocycles. The largest absolute Gasteiger partial charge is 0.496 e. The minimum absolute atomic E-state index is 0.290. The second kappa shape index (κ2) is 8.63. The highest BCUT2D eigenvalue weighted by atomic mass is 32.2. The van der Waals surface area contributed by atoms with E-state index in [1.807, 2.05) is 6.07 Å². The first-order valence-electron chi connectivity index (χ1n) is 7.55. The SMILES string of the molecule is COc1ccc(CNCC(O)CN2CCCC2)cc1SC. The molecule has 1 heterocycles. The van der Waals surface area contributed by atoms with Crippen LogP contribution >= 0.6 is 11.8 Å². The Labute approximate surface area is 131 Å². The molecule has 0 aliphatic carbocycles. The van der Waals surface area contributed by atoms with Gasteiger partial charge in [0.1, 0.15) is 5.75 Å². The van der Waals surface area contributed by atoms with Crippen molar-refractivity contribution in [2.75, 3.05) is 39.5 Å². The maximum atomic E-state index is 10.0. The number of likely N-dealkylation sites (tertiary alicyclic amines) is 1. The van der Waals surface area contributed by atoms with Crippen LogP contribution in [-0.2, 0) is 6.54 Å². The summed E-state index contributed by atoms with van der Waals surface area (Å²) in [6.07, 6.45) is 4.29. The summed E-state index contributed by atoms with van der Waals surface area (Å²) in [5, 5.41) is 13.4. The molecule has 118 valence electrons. The van der Waals surface area contributed by atoms with E-state index in [0.717, 1.165) is 36.8 Å². The summed E-state index contributed by atoms with van der Waals surface area (Å²) in [4.78, 5) is 3.49. The van der Waals surface area contributed by atoms with E-state index < -0.39 is 0 Å². The summed E-state index contributed by atoms with van der Waals surface area (Å²) in [5.41, 5.74) is 1.22. The number of β-amino-alcohol motifs (C(OH)–C–C–N with tert-alkyl or cyclic N) is 1. The normalized spacial score (nSPS) is 17.1. The summed E-state index contributed by atoms with van der Waals surface area (Å²) in [5.74, 6) is 0.917. The average Bonchev–Trinajstić information content (AvgIpc) is 2.99. The number of nitrogens with zero attached hydrogens (tertiary/aromatic N) is 1. The first-order valence-corrected chi connectivity index (χ1v) is 8.77. The Morgan fingerprint density at radius 2 is 2.14 bits per heavy atom. The van der Waals surface area contributed by atoms with Crippen molar-refractivity contribution >= 4 is 11.8 Å². The van der Waals surface area contributed by atoms with Crippen LogP contribution in [0.5, 0.6) is 5.75 Å². The highest BCUT2D eigenvalue weighted by Crippen LogP contribution is 2.28. The van der Waals surface area contributed by atoms with Crippen molar-refractivity contribution in [3.05, 3.63) is 23.8 Å². The predicted molar refractivity (Wildman–Crippen MR) is 88.2 cm³/mol. The van der Waals surface area contributed by atoms with Crippen LogP contribution in [0.4, 0.5) is 0 Å². The average molecular weight is 310 g/mol. The molecular weight excluding hydrogens is 284 g/mol. The van der Waals surface area contributed by atoms with E-state index in [-0.39, 0.29) is 6.10 Å². The minimum atomic E-state index is -0.290. The molecule has 0 amide bonds. The molecule has 1 aliphatic heterocycles. The van der Waals surface area contributed by atoms with Crippen LogP contribution in [0.25, 0.3) is 0 Å². The molecule has 5 heteroatoms. The van der Waals surface area contributed by atoms with E-state index in [0.29, 0.717) is 6.54 Å². The summed E-state index contributed by atoms with van der Waals surface area (Å²) >= 11 is 1.69. The Balaban J connectivity index is 1.74. The summed E-state index contributed by atoms with van der Waals surface area (Å²) < 4.78 is 5.32. The van der Waals surface area contributed by atoms with Gasteiger partial charge >= 0.3 is 0 Å². The van der Waals surface area contributed by atoms with E-state index in [4.69, 9.17) is 4.74 Å². The molecule has 1 atom stereocenters. The zero-order valence-corrected chi connectivity index (χ0v) is 13.8. The van der Waals surface area contributed by atoms with E-state index in [2.05, 4.69) is 28.6 Å². The van der Waals surface area contributed by atoms with E-state index >= 15 is 0 Å². The van der Waals surface area contributed by atoms with Gasteiger partial charge in [-0.15, -0.1) is 11.8 Å². The number of thioether (sulfide) groups is 1. The molecule has 0 radical (unpaired) electrons. The predicted octanol–water partition coefficient (Wildman–Crippen LogP) is 1.96.